The van der Waals surface area contributed by atoms with Crippen molar-refractivity contribution in [2.75, 3.05) is 13.2 Å². The Morgan fingerprint density at radius 2 is 1.55 bits per heavy atom. The molecule has 0 saturated carbocycles. The number of carbonyl (C=O) groups is 3. The van der Waals surface area contributed by atoms with Crippen LogP contribution in [0.3, 0.4) is 0 Å². The van der Waals surface area contributed by atoms with E-state index in [1.807, 2.05) is 0 Å². The smallest absolute Gasteiger partial charge is 0.281 e. The van der Waals surface area contributed by atoms with Gasteiger partial charge < -0.3 is 20.3 Å². The number of aliphatic hydroxyl groups excluding tert-OH is 2. The molecule has 2 aromatic carbocycles. The molecule has 2 aromatic rings. The molecule has 0 unspecified atom stereocenters. The third-order valence-corrected chi connectivity index (χ3v) is 4.10. The van der Waals surface area contributed by atoms with Crippen molar-refractivity contribution in [2.24, 2.45) is 0 Å². The number of hydroxylamine groups is 1. The third kappa shape index (κ3) is 6.11. The number of carbonyl (C=O) groups excluding carboxylic acids is 3. The lowest BCUT2D eigenvalue weighted by molar-refractivity contribution is -0.131. The van der Waals surface area contributed by atoms with Gasteiger partial charge >= 0.3 is 0 Å². The van der Waals surface area contributed by atoms with Crippen molar-refractivity contribution in [3.63, 3.8) is 0 Å². The van der Waals surface area contributed by atoms with Crippen molar-refractivity contribution < 1.29 is 34.5 Å². The summed E-state index contributed by atoms with van der Waals surface area (Å²) in [5, 5.41) is 29.4. The van der Waals surface area contributed by atoms with Gasteiger partial charge in [-0.15, -0.1) is 0 Å². The fourth-order valence-corrected chi connectivity index (χ4v) is 2.53. The average molecular weight is 402 g/mol. The molecule has 9 nitrogen and oxygen atoms in total. The van der Waals surface area contributed by atoms with E-state index in [4.69, 9.17) is 15.1 Å². The van der Waals surface area contributed by atoms with Gasteiger partial charge in [0.1, 0.15) is 18.4 Å². The summed E-state index contributed by atoms with van der Waals surface area (Å²) < 4.78 is 5.19. The maximum absolute atomic E-state index is 12.3. The van der Waals surface area contributed by atoms with E-state index in [-0.39, 0.29) is 6.61 Å². The van der Waals surface area contributed by atoms with Gasteiger partial charge in [-0.2, -0.15) is 0 Å². The fraction of sp³-hybridized carbons (Fsp3) is 0.250. The number of amides is 2. The summed E-state index contributed by atoms with van der Waals surface area (Å²) in [4.78, 5) is 34.9. The van der Waals surface area contributed by atoms with Crippen LogP contribution in [0.4, 0.5) is 0 Å². The molecule has 0 aliphatic heterocycles. The molecule has 0 aliphatic rings. The molecule has 2 rings (SSSR count). The first kappa shape index (κ1) is 22.0. The van der Waals surface area contributed by atoms with Crippen molar-refractivity contribution in [3.05, 3.63) is 54.1 Å². The summed E-state index contributed by atoms with van der Waals surface area (Å²) in [5.74, 6) is -1.44. The minimum Gasteiger partial charge on any atom is -0.484 e. The zero-order valence-corrected chi connectivity index (χ0v) is 15.7. The summed E-state index contributed by atoms with van der Waals surface area (Å²) in [7, 11) is 0. The molecule has 29 heavy (non-hydrogen) atoms. The third-order valence-electron chi connectivity index (χ3n) is 4.10. The Hall–Kier alpha value is -3.27. The van der Waals surface area contributed by atoms with Gasteiger partial charge in [0.2, 0.25) is 0 Å². The Morgan fingerprint density at radius 1 is 1.00 bits per heavy atom. The van der Waals surface area contributed by atoms with Gasteiger partial charge in [-0.05, 0) is 42.3 Å². The van der Waals surface area contributed by atoms with Crippen LogP contribution in [-0.4, -0.2) is 58.4 Å². The predicted octanol–water partition coefficient (Wildman–Crippen LogP) is 0.278. The molecular formula is C20H22N2O7. The standard InChI is InChI=1S/C20H22N2O7/c1-12(24)19(17(25)10-23)21-20(27)15-4-2-13(3-5-15)14-6-8-16(9-7-14)29-11-18(26)22-28/h2-9,12,19,23-24,28H,10-11H2,1H3,(H,21,27)(H,22,26)/t12-,19+/m1/s1. The van der Waals surface area contributed by atoms with Crippen LogP contribution in [0.2, 0.25) is 0 Å². The number of aliphatic hydroxyl groups is 2. The number of benzene rings is 2. The number of ketones is 1. The number of nitrogens with one attached hydrogen (secondary N) is 2. The second-order valence-corrected chi connectivity index (χ2v) is 6.24. The topological polar surface area (TPSA) is 145 Å². The van der Waals surface area contributed by atoms with Crippen LogP contribution in [0.25, 0.3) is 11.1 Å². The second kappa shape index (κ2) is 10.3. The molecule has 2 amide bonds. The van der Waals surface area contributed by atoms with Crippen molar-refractivity contribution in [3.8, 4) is 16.9 Å². The van der Waals surface area contributed by atoms with Crippen molar-refractivity contribution in [2.45, 2.75) is 19.1 Å². The van der Waals surface area contributed by atoms with E-state index in [0.717, 1.165) is 11.1 Å². The normalized spacial score (nSPS) is 12.6. The molecule has 0 spiro atoms. The summed E-state index contributed by atoms with van der Waals surface area (Å²) in [5.41, 5.74) is 3.42. The minimum absolute atomic E-state index is 0.292. The van der Waals surface area contributed by atoms with Crippen molar-refractivity contribution in [1.82, 2.24) is 10.8 Å². The number of hydrogen-bond acceptors (Lipinski definition) is 7. The van der Waals surface area contributed by atoms with Crippen LogP contribution in [0.5, 0.6) is 5.75 Å². The first-order valence-corrected chi connectivity index (χ1v) is 8.74. The molecule has 0 aromatic heterocycles. The SMILES string of the molecule is C[C@@H](O)[C@H](NC(=O)c1ccc(-c2ccc(OCC(=O)NO)cc2)cc1)C(=O)CO. The summed E-state index contributed by atoms with van der Waals surface area (Å²) >= 11 is 0. The van der Waals surface area contributed by atoms with Gasteiger partial charge in [-0.1, -0.05) is 24.3 Å². The van der Waals surface area contributed by atoms with Crippen LogP contribution in [0, 0.1) is 0 Å². The van der Waals surface area contributed by atoms with E-state index in [0.29, 0.717) is 11.3 Å². The van der Waals surface area contributed by atoms with Crippen molar-refractivity contribution in [1.29, 1.82) is 0 Å². The Balaban J connectivity index is 2.04. The Labute approximate surface area is 166 Å². The molecular weight excluding hydrogens is 380 g/mol. The first-order chi connectivity index (χ1) is 13.8. The molecule has 0 heterocycles. The predicted molar refractivity (Wildman–Crippen MR) is 102 cm³/mol. The van der Waals surface area contributed by atoms with Crippen LogP contribution in [0.1, 0.15) is 17.3 Å². The van der Waals surface area contributed by atoms with Gasteiger partial charge in [0.25, 0.3) is 11.8 Å². The summed E-state index contributed by atoms with van der Waals surface area (Å²) in [6, 6.07) is 12.3. The molecule has 154 valence electrons. The van der Waals surface area contributed by atoms with Crippen molar-refractivity contribution >= 4 is 17.6 Å². The average Bonchev–Trinajstić information content (AvgIpc) is 2.75. The summed E-state index contributed by atoms with van der Waals surface area (Å²) in [6.45, 7) is 0.260. The highest BCUT2D eigenvalue weighted by atomic mass is 16.5. The first-order valence-electron chi connectivity index (χ1n) is 8.74. The highest BCUT2D eigenvalue weighted by molar-refractivity contribution is 5.98. The monoisotopic (exact) mass is 402 g/mol. The maximum Gasteiger partial charge on any atom is 0.281 e. The zero-order valence-electron chi connectivity index (χ0n) is 15.7. The molecule has 0 radical (unpaired) electrons. The van der Waals surface area contributed by atoms with Crippen LogP contribution < -0.4 is 15.5 Å². The molecule has 9 heteroatoms. The lowest BCUT2D eigenvalue weighted by atomic mass is 10.0. The van der Waals surface area contributed by atoms with Crippen LogP contribution in [0.15, 0.2) is 48.5 Å². The zero-order chi connectivity index (χ0) is 21.4. The largest absolute Gasteiger partial charge is 0.484 e. The lowest BCUT2D eigenvalue weighted by Gasteiger charge is -2.19. The van der Waals surface area contributed by atoms with Crippen LogP contribution >= 0.6 is 0 Å². The number of rotatable bonds is 9. The minimum atomic E-state index is -1.19. The second-order valence-electron chi connectivity index (χ2n) is 6.24. The molecule has 2 atom stereocenters. The molecule has 0 saturated heterocycles. The molecule has 5 N–H and O–H groups in total. The highest BCUT2D eigenvalue weighted by Crippen LogP contribution is 2.23. The number of Topliss-reactive ketones (excluding diaryl/α,β-unsaturated/α-hetero) is 1. The Kier molecular flexibility index (Phi) is 7.84. The fourth-order valence-electron chi connectivity index (χ4n) is 2.53. The Morgan fingerprint density at radius 3 is 2.03 bits per heavy atom. The van der Waals surface area contributed by atoms with E-state index in [2.05, 4.69) is 5.32 Å². The van der Waals surface area contributed by atoms with E-state index < -0.39 is 36.4 Å². The van der Waals surface area contributed by atoms with E-state index >= 15 is 0 Å². The van der Waals surface area contributed by atoms with E-state index in [1.54, 1.807) is 48.5 Å². The maximum atomic E-state index is 12.3. The molecule has 0 fully saturated rings. The van der Waals surface area contributed by atoms with Gasteiger partial charge in [0, 0.05) is 5.56 Å². The van der Waals surface area contributed by atoms with Crippen LogP contribution in [-0.2, 0) is 9.59 Å². The molecule has 0 aliphatic carbocycles. The summed E-state index contributed by atoms with van der Waals surface area (Å²) in [6.07, 6.45) is -1.14. The number of hydrogen-bond donors (Lipinski definition) is 5. The van der Waals surface area contributed by atoms with E-state index in [1.165, 1.54) is 12.4 Å². The van der Waals surface area contributed by atoms with Gasteiger partial charge in [-0.3, -0.25) is 19.6 Å². The lowest BCUT2D eigenvalue weighted by Crippen LogP contribution is -2.48. The van der Waals surface area contributed by atoms with Gasteiger partial charge in [0.05, 0.1) is 6.10 Å². The quantitative estimate of drug-likeness (QED) is 0.299. The highest BCUT2D eigenvalue weighted by Gasteiger charge is 2.25. The Bertz CT molecular complexity index is 848. The van der Waals surface area contributed by atoms with Gasteiger partial charge in [0.15, 0.2) is 12.4 Å². The van der Waals surface area contributed by atoms with Gasteiger partial charge in [-0.25, -0.2) is 5.48 Å². The molecule has 0 bridgehead atoms. The number of ether oxygens (including phenoxy) is 1. The van der Waals surface area contributed by atoms with E-state index in [9.17, 15) is 19.5 Å².